The first-order valence-electron chi connectivity index (χ1n) is 12.6. The number of hydrogen-bond donors (Lipinski definition) is 1. The van der Waals surface area contributed by atoms with Crippen LogP contribution in [0.25, 0.3) is 11.5 Å². The van der Waals surface area contributed by atoms with Crippen molar-refractivity contribution in [3.63, 3.8) is 0 Å². The highest BCUT2D eigenvalue weighted by atomic mass is 35.5. The van der Waals surface area contributed by atoms with Crippen LogP contribution >= 0.6 is 11.6 Å². The Labute approximate surface area is 227 Å². The number of aryl methyl sites for hydroxylation is 3. The summed E-state index contributed by atoms with van der Waals surface area (Å²) >= 11 is 6.45. The molecule has 5 aromatic rings. The van der Waals surface area contributed by atoms with Crippen LogP contribution in [-0.4, -0.2) is 25.3 Å². The van der Waals surface area contributed by atoms with E-state index in [1.54, 1.807) is 0 Å². The molecule has 0 fully saturated rings. The van der Waals surface area contributed by atoms with Crippen LogP contribution in [0.1, 0.15) is 39.7 Å². The van der Waals surface area contributed by atoms with Gasteiger partial charge in [-0.1, -0.05) is 48.0 Å². The monoisotopic (exact) mass is 521 g/mol. The van der Waals surface area contributed by atoms with Crippen molar-refractivity contribution in [1.29, 1.82) is 0 Å². The highest BCUT2D eigenvalue weighted by Crippen LogP contribution is 2.39. The Balaban J connectivity index is 1.53. The molecule has 1 N–H and O–H groups in total. The predicted molar refractivity (Wildman–Crippen MR) is 151 cm³/mol. The van der Waals surface area contributed by atoms with E-state index in [4.69, 9.17) is 16.7 Å². The number of para-hydroxylation sites is 1. The predicted octanol–water partition coefficient (Wildman–Crippen LogP) is 7.38. The van der Waals surface area contributed by atoms with Crippen LogP contribution in [-0.2, 0) is 6.54 Å². The molecule has 3 heterocycles. The highest BCUT2D eigenvalue weighted by Gasteiger charge is 2.36. The number of fused-ring (bicyclic) bond motifs is 3. The Kier molecular flexibility index (Phi) is 6.04. The van der Waals surface area contributed by atoms with Crippen molar-refractivity contribution >= 4 is 23.3 Å². The Morgan fingerprint density at radius 2 is 1.74 bits per heavy atom. The minimum absolute atomic E-state index is 0.189. The summed E-state index contributed by atoms with van der Waals surface area (Å²) in [6, 6.07) is 27.3. The number of hydrogen-bond acceptors (Lipinski definition) is 2. The van der Waals surface area contributed by atoms with Crippen molar-refractivity contribution in [2.24, 2.45) is 0 Å². The van der Waals surface area contributed by atoms with Crippen LogP contribution in [0, 0.1) is 20.8 Å². The largest absolute Gasteiger partial charge is 0.322 e. The Morgan fingerprint density at radius 1 is 0.921 bits per heavy atom. The van der Waals surface area contributed by atoms with Crippen molar-refractivity contribution in [3.8, 4) is 11.5 Å². The van der Waals surface area contributed by atoms with E-state index in [1.165, 1.54) is 5.56 Å². The van der Waals surface area contributed by atoms with Gasteiger partial charge in [-0.05, 0) is 86.0 Å². The average Bonchev–Trinajstić information content (AvgIpc) is 3.47. The third-order valence-corrected chi connectivity index (χ3v) is 7.51. The summed E-state index contributed by atoms with van der Waals surface area (Å²) in [6.45, 7) is 6.49. The lowest BCUT2D eigenvalue weighted by molar-refractivity contribution is 0.194. The van der Waals surface area contributed by atoms with Gasteiger partial charge in [0.15, 0.2) is 0 Å². The van der Waals surface area contributed by atoms with Crippen molar-refractivity contribution in [2.45, 2.75) is 33.4 Å². The molecule has 0 spiro atoms. The van der Waals surface area contributed by atoms with Gasteiger partial charge in [-0.2, -0.15) is 5.10 Å². The van der Waals surface area contributed by atoms with Crippen molar-refractivity contribution in [2.75, 3.05) is 5.32 Å². The fraction of sp³-hybridized carbons (Fsp3) is 0.161. The molecule has 0 radical (unpaired) electrons. The van der Waals surface area contributed by atoms with Crippen LogP contribution in [0.15, 0.2) is 91.1 Å². The van der Waals surface area contributed by atoms with E-state index in [1.807, 2.05) is 108 Å². The molecule has 2 amide bonds. The Hall–Kier alpha value is -4.29. The molecule has 1 atom stereocenters. The first-order chi connectivity index (χ1) is 18.4. The molecule has 6 nitrogen and oxygen atoms in total. The summed E-state index contributed by atoms with van der Waals surface area (Å²) in [7, 11) is 0. The standard InChI is InChI=1S/C31H28ClN5O/c1-20-14-15-25(17-21(20)2)33-31(38)36-19-27-22(3)34-37(26-11-5-4-6-12-26)30(27)35-16-8-13-28(35)29(36)23-9-7-10-24(32)18-23/h4-18,29H,19H2,1-3H3,(H,33,38)/t29-/m0/s1. The molecule has 0 saturated heterocycles. The minimum Gasteiger partial charge on any atom is -0.308 e. The van der Waals surface area contributed by atoms with Gasteiger partial charge in [-0.25, -0.2) is 9.48 Å². The van der Waals surface area contributed by atoms with Gasteiger partial charge in [0.25, 0.3) is 0 Å². The number of rotatable bonds is 3. The van der Waals surface area contributed by atoms with Crippen molar-refractivity contribution < 1.29 is 4.79 Å². The molecular weight excluding hydrogens is 494 g/mol. The van der Waals surface area contributed by atoms with Crippen LogP contribution in [0.2, 0.25) is 5.02 Å². The van der Waals surface area contributed by atoms with Gasteiger partial charge in [0, 0.05) is 22.5 Å². The molecule has 0 aliphatic carbocycles. The number of anilines is 1. The maximum Gasteiger partial charge on any atom is 0.322 e. The highest BCUT2D eigenvalue weighted by molar-refractivity contribution is 6.30. The summed E-state index contributed by atoms with van der Waals surface area (Å²) in [5.41, 5.74) is 7.80. The van der Waals surface area contributed by atoms with E-state index in [0.717, 1.165) is 45.3 Å². The summed E-state index contributed by atoms with van der Waals surface area (Å²) in [6.07, 6.45) is 2.04. The summed E-state index contributed by atoms with van der Waals surface area (Å²) in [4.78, 5) is 15.9. The lowest BCUT2D eigenvalue weighted by Gasteiger charge is -2.31. The molecule has 0 saturated carbocycles. The number of amides is 2. The zero-order valence-electron chi connectivity index (χ0n) is 21.5. The van der Waals surface area contributed by atoms with Crippen molar-refractivity contribution in [1.82, 2.24) is 19.2 Å². The van der Waals surface area contributed by atoms with E-state index in [-0.39, 0.29) is 12.1 Å². The molecule has 7 heteroatoms. The summed E-state index contributed by atoms with van der Waals surface area (Å²) in [5.74, 6) is 0.933. The second-order valence-electron chi connectivity index (χ2n) is 9.75. The number of halogens is 1. The van der Waals surface area contributed by atoms with Gasteiger partial charge in [0.1, 0.15) is 5.82 Å². The maximum absolute atomic E-state index is 14.1. The van der Waals surface area contributed by atoms with Crippen molar-refractivity contribution in [3.05, 3.63) is 130 Å². The fourth-order valence-corrected chi connectivity index (χ4v) is 5.39. The lowest BCUT2D eigenvalue weighted by atomic mass is 10.0. The normalized spacial score (nSPS) is 14.5. The van der Waals surface area contributed by atoms with E-state index >= 15 is 0 Å². The number of benzene rings is 3. The Morgan fingerprint density at radius 3 is 2.50 bits per heavy atom. The molecular formula is C31H28ClN5O. The molecule has 0 bridgehead atoms. The summed E-state index contributed by atoms with van der Waals surface area (Å²) in [5, 5.41) is 8.69. The smallest absolute Gasteiger partial charge is 0.308 e. The van der Waals surface area contributed by atoms with Gasteiger partial charge < -0.3 is 14.8 Å². The number of nitrogens with one attached hydrogen (secondary N) is 1. The molecule has 1 aliphatic rings. The second kappa shape index (κ2) is 9.54. The van der Waals surface area contributed by atoms with Crippen LogP contribution < -0.4 is 5.32 Å². The fourth-order valence-electron chi connectivity index (χ4n) is 5.19. The topological polar surface area (TPSA) is 55.1 Å². The van der Waals surface area contributed by atoms with Crippen LogP contribution in [0.4, 0.5) is 10.5 Å². The van der Waals surface area contributed by atoms with Gasteiger partial charge in [0.05, 0.1) is 29.7 Å². The zero-order chi connectivity index (χ0) is 26.4. The molecule has 0 unspecified atom stereocenters. The van der Waals surface area contributed by atoms with Crippen LogP contribution in [0.5, 0.6) is 0 Å². The third kappa shape index (κ3) is 4.17. The molecule has 38 heavy (non-hydrogen) atoms. The number of nitrogens with zero attached hydrogens (tertiary/aromatic N) is 4. The van der Waals surface area contributed by atoms with E-state index in [0.29, 0.717) is 11.6 Å². The zero-order valence-corrected chi connectivity index (χ0v) is 22.3. The van der Waals surface area contributed by atoms with E-state index in [9.17, 15) is 4.79 Å². The quantitative estimate of drug-likeness (QED) is 0.269. The SMILES string of the molecule is Cc1ccc(NC(=O)N2Cc3c(C)nn(-c4ccccc4)c3-n3cccc3[C@@H]2c2cccc(Cl)c2)cc1C. The summed E-state index contributed by atoms with van der Waals surface area (Å²) < 4.78 is 4.12. The third-order valence-electron chi connectivity index (χ3n) is 7.27. The maximum atomic E-state index is 14.1. The average molecular weight is 522 g/mol. The minimum atomic E-state index is -0.369. The van der Waals surface area contributed by atoms with Gasteiger partial charge >= 0.3 is 6.03 Å². The molecule has 2 aromatic heterocycles. The first-order valence-corrected chi connectivity index (χ1v) is 13.0. The van der Waals surface area contributed by atoms with Gasteiger partial charge in [-0.3, -0.25) is 0 Å². The van der Waals surface area contributed by atoms with Gasteiger partial charge in [-0.15, -0.1) is 0 Å². The molecule has 3 aromatic carbocycles. The lowest BCUT2D eigenvalue weighted by Crippen LogP contribution is -2.38. The molecule has 190 valence electrons. The number of carbonyl (C=O) groups is 1. The molecule has 6 rings (SSSR count). The number of urea groups is 1. The van der Waals surface area contributed by atoms with Gasteiger partial charge in [0.2, 0.25) is 0 Å². The van der Waals surface area contributed by atoms with Crippen LogP contribution in [0.3, 0.4) is 0 Å². The molecule has 1 aliphatic heterocycles. The number of carbonyl (C=O) groups excluding carboxylic acids is 1. The number of aromatic nitrogens is 3. The second-order valence-corrected chi connectivity index (χ2v) is 10.2. The van der Waals surface area contributed by atoms with E-state index < -0.39 is 0 Å². The van der Waals surface area contributed by atoms with E-state index in [2.05, 4.69) is 22.9 Å². The first kappa shape index (κ1) is 24.1. The Bertz CT molecular complexity index is 1650.